The Morgan fingerprint density at radius 2 is 0.616 bits per heavy atom. The van der Waals surface area contributed by atoms with Gasteiger partial charge in [-0.1, -0.05) is 170 Å². The largest absolute Gasteiger partial charge is 0.494 e. The number of nitrogens with zero attached hydrogens (tertiary/aromatic N) is 6. The molecule has 0 bridgehead atoms. The maximum Gasteiger partial charge on any atom is 0.494 e. The van der Waals surface area contributed by atoms with Crippen molar-refractivity contribution < 1.29 is 9.31 Å². The van der Waals surface area contributed by atoms with E-state index in [4.69, 9.17) is 49.1 Å². The highest BCUT2D eigenvalue weighted by atomic mass is 35.5. The number of hydrogen-bond donors (Lipinski definition) is 0. The number of aromatic nitrogens is 6. The molecule has 1 fully saturated rings. The van der Waals surface area contributed by atoms with Gasteiger partial charge in [0.2, 0.25) is 15.9 Å². The second kappa shape index (κ2) is 24.1. The second-order valence-electron chi connectivity index (χ2n) is 21.8. The molecule has 0 amide bonds. The van der Waals surface area contributed by atoms with E-state index in [1.165, 1.54) is 40.3 Å². The zero-order valence-corrected chi connectivity index (χ0v) is 51.0. The summed E-state index contributed by atoms with van der Waals surface area (Å²) >= 11 is 22.0. The van der Waals surface area contributed by atoms with Crippen molar-refractivity contribution >= 4 is 110 Å². The monoisotopic (exact) mass is 1210 g/mol. The zero-order chi connectivity index (χ0) is 58.9. The lowest BCUT2D eigenvalue weighted by Crippen LogP contribution is -2.41. The van der Waals surface area contributed by atoms with Gasteiger partial charge in [-0.3, -0.25) is 0 Å². The lowest BCUT2D eigenvalue weighted by molar-refractivity contribution is 0.00578. The first-order chi connectivity index (χ1) is 41.8. The van der Waals surface area contributed by atoms with Gasteiger partial charge in [0.15, 0.2) is 17.5 Å². The summed E-state index contributed by atoms with van der Waals surface area (Å²) in [4.78, 5) is 26.3. The number of thiophene rings is 2. The molecule has 0 unspecified atom stereocenters. The van der Waals surface area contributed by atoms with Crippen molar-refractivity contribution in [3.8, 4) is 78.7 Å². The summed E-state index contributed by atoms with van der Waals surface area (Å²) in [5.74, 6) is 1.55. The molecule has 4 aromatic heterocycles. The number of benzene rings is 10. The van der Waals surface area contributed by atoms with Gasteiger partial charge >= 0.3 is 7.12 Å². The molecule has 0 atom stereocenters. The lowest BCUT2D eigenvalue weighted by Gasteiger charge is -2.32. The molecule has 0 N–H and O–H groups in total. The fourth-order valence-electron chi connectivity index (χ4n) is 10.5. The van der Waals surface area contributed by atoms with E-state index in [1.54, 1.807) is 11.3 Å². The van der Waals surface area contributed by atoms with Crippen LogP contribution in [-0.4, -0.2) is 48.2 Å². The van der Waals surface area contributed by atoms with Gasteiger partial charge in [0.25, 0.3) is 0 Å². The van der Waals surface area contributed by atoms with Crippen molar-refractivity contribution in [1.29, 1.82) is 0 Å². The Labute approximate surface area is 521 Å². The maximum absolute atomic E-state index is 6.50. The molecule has 15 rings (SSSR count). The van der Waals surface area contributed by atoms with E-state index in [-0.39, 0.29) is 34.2 Å². The standard InChI is InChI=1S/C33H20ClN3S.C21H13Cl2N3.C18H19BO2S/c34-33-36-31(23-15-16-30-28(20-23)27-13-7-8-14-29(27)38-30)35-32(37-33)26-18-24(21-9-3-1-4-10-21)17-25(19-26)22-11-5-2-6-12-22;22-20-24-19(25-21(23)26-20)18-12-16(14-7-3-1-4-8-14)11-17(13-18)15-9-5-2-6-10-15;1-17(2)18(3,4)21-19(20-17)12-9-10-16-14(11-12)13-7-5-6-8-15(13)22-16/h1-20H;1-13H;5-11H,1-4H3. The summed E-state index contributed by atoms with van der Waals surface area (Å²) < 4.78 is 17.5. The minimum Gasteiger partial charge on any atom is -0.399 e. The quantitative estimate of drug-likeness (QED) is 0.139. The van der Waals surface area contributed by atoms with E-state index in [1.807, 2.05) is 96.3 Å². The lowest BCUT2D eigenvalue weighted by atomic mass is 9.78. The third kappa shape index (κ3) is 12.1. The molecule has 1 aliphatic rings. The Morgan fingerprint density at radius 1 is 0.291 bits per heavy atom. The molecule has 0 radical (unpaired) electrons. The highest BCUT2D eigenvalue weighted by molar-refractivity contribution is 7.26. The summed E-state index contributed by atoms with van der Waals surface area (Å²) in [5.41, 5.74) is 11.9. The van der Waals surface area contributed by atoms with Crippen LogP contribution in [0.1, 0.15) is 27.7 Å². The van der Waals surface area contributed by atoms with Gasteiger partial charge in [0, 0.05) is 51.6 Å². The summed E-state index contributed by atoms with van der Waals surface area (Å²) in [6, 6.07) is 83.5. The van der Waals surface area contributed by atoms with E-state index in [0.717, 1.165) is 66.7 Å². The van der Waals surface area contributed by atoms with Gasteiger partial charge in [-0.05, 0) is 191 Å². The molecule has 14 heteroatoms. The second-order valence-corrected chi connectivity index (χ2v) is 24.9. The molecule has 5 heterocycles. The molecule has 1 saturated heterocycles. The van der Waals surface area contributed by atoms with Crippen LogP contribution in [0.5, 0.6) is 0 Å². The molecule has 0 aliphatic carbocycles. The molecule has 0 saturated carbocycles. The first-order valence-corrected chi connectivity index (χ1v) is 30.7. The van der Waals surface area contributed by atoms with Crippen LogP contribution in [0, 0.1) is 0 Å². The van der Waals surface area contributed by atoms with Crippen LogP contribution >= 0.6 is 57.5 Å². The zero-order valence-electron chi connectivity index (χ0n) is 47.1. The van der Waals surface area contributed by atoms with Crippen LogP contribution in [0.4, 0.5) is 0 Å². The van der Waals surface area contributed by atoms with Gasteiger partial charge < -0.3 is 9.31 Å². The van der Waals surface area contributed by atoms with E-state index < -0.39 is 0 Å². The van der Waals surface area contributed by atoms with Crippen LogP contribution in [0.15, 0.2) is 243 Å². The summed E-state index contributed by atoms with van der Waals surface area (Å²) in [6.45, 7) is 8.36. The summed E-state index contributed by atoms with van der Waals surface area (Å²) in [7, 11) is -0.298. The van der Waals surface area contributed by atoms with Gasteiger partial charge in [-0.15, -0.1) is 22.7 Å². The molecule has 0 spiro atoms. The van der Waals surface area contributed by atoms with Gasteiger partial charge in [0.05, 0.1) is 11.2 Å². The Kier molecular flexibility index (Phi) is 15.9. The molecule has 1 aliphatic heterocycles. The molecule has 8 nitrogen and oxygen atoms in total. The maximum atomic E-state index is 6.50. The average Bonchev–Trinajstić information content (AvgIpc) is 1.99. The smallest absolute Gasteiger partial charge is 0.399 e. The van der Waals surface area contributed by atoms with Crippen molar-refractivity contribution in [2.24, 2.45) is 0 Å². The van der Waals surface area contributed by atoms with E-state index in [2.05, 4.69) is 210 Å². The molecular weight excluding hydrogens is 1160 g/mol. The fourth-order valence-corrected chi connectivity index (χ4v) is 13.2. The first-order valence-electron chi connectivity index (χ1n) is 28.0. The predicted octanol–water partition coefficient (Wildman–Crippen LogP) is 20.1. The van der Waals surface area contributed by atoms with Gasteiger partial charge in [-0.2, -0.15) is 24.9 Å². The Morgan fingerprint density at radius 3 is 1.05 bits per heavy atom. The molecular formula is C72H52BCl3N6O2S2. The highest BCUT2D eigenvalue weighted by Crippen LogP contribution is 2.40. The van der Waals surface area contributed by atoms with Crippen molar-refractivity contribution in [1.82, 2.24) is 29.9 Å². The molecule has 14 aromatic rings. The van der Waals surface area contributed by atoms with E-state index in [9.17, 15) is 0 Å². The van der Waals surface area contributed by atoms with Crippen molar-refractivity contribution in [3.05, 3.63) is 259 Å². The number of fused-ring (bicyclic) bond motifs is 6. The van der Waals surface area contributed by atoms with Crippen molar-refractivity contribution in [2.45, 2.75) is 38.9 Å². The SMILES string of the molecule is CC1(C)OB(c2ccc3sc4ccccc4c3c2)OC1(C)C.Clc1nc(-c2cc(-c3ccccc3)cc(-c3ccccc3)c2)nc(-c2ccc3sc4ccccc4c3c2)n1.Clc1nc(Cl)nc(-c2cc(-c3ccccc3)cc(-c3ccccc3)c2)n1. The van der Waals surface area contributed by atoms with E-state index >= 15 is 0 Å². The van der Waals surface area contributed by atoms with Crippen molar-refractivity contribution in [3.63, 3.8) is 0 Å². The summed E-state index contributed by atoms with van der Waals surface area (Å²) in [6.07, 6.45) is 0. The van der Waals surface area contributed by atoms with Crippen molar-refractivity contribution in [2.75, 3.05) is 0 Å². The topological polar surface area (TPSA) is 95.8 Å². The van der Waals surface area contributed by atoms with Crippen LogP contribution < -0.4 is 5.46 Å². The Bertz CT molecular complexity index is 4630. The van der Waals surface area contributed by atoms with Crippen LogP contribution in [0.2, 0.25) is 15.9 Å². The molecule has 418 valence electrons. The van der Waals surface area contributed by atoms with Crippen LogP contribution in [0.25, 0.3) is 119 Å². The molecule has 10 aromatic carbocycles. The van der Waals surface area contributed by atoms with Crippen LogP contribution in [0.3, 0.4) is 0 Å². The van der Waals surface area contributed by atoms with Crippen LogP contribution in [-0.2, 0) is 9.31 Å². The number of rotatable bonds is 8. The normalized spacial score (nSPS) is 13.4. The highest BCUT2D eigenvalue weighted by Gasteiger charge is 2.51. The Balaban J connectivity index is 0.000000125. The third-order valence-electron chi connectivity index (χ3n) is 15.6. The number of halogens is 3. The minimum absolute atomic E-state index is 0.0753. The Hall–Kier alpha value is -8.49. The van der Waals surface area contributed by atoms with Gasteiger partial charge in [-0.25, -0.2) is 4.98 Å². The van der Waals surface area contributed by atoms with Gasteiger partial charge in [0.1, 0.15) is 0 Å². The fraction of sp³-hybridized carbons (Fsp3) is 0.0833. The summed E-state index contributed by atoms with van der Waals surface area (Å²) in [5, 5.41) is 5.34. The first kappa shape index (κ1) is 56.6. The number of hydrogen-bond acceptors (Lipinski definition) is 10. The van der Waals surface area contributed by atoms with E-state index in [0.29, 0.717) is 17.5 Å². The minimum atomic E-state index is -0.302. The predicted molar refractivity (Wildman–Crippen MR) is 361 cm³/mol. The third-order valence-corrected chi connectivity index (χ3v) is 18.4. The average molecular weight is 1210 g/mol. The molecule has 86 heavy (non-hydrogen) atoms.